The fourth-order valence-electron chi connectivity index (χ4n) is 0.675. The third-order valence-corrected chi connectivity index (χ3v) is 1.29. The molecule has 0 saturated heterocycles. The number of hydroxylamine groups is 1. The summed E-state index contributed by atoms with van der Waals surface area (Å²) in [6.45, 7) is 0.366. The number of nitrogens with one attached hydrogen (secondary N) is 1. The smallest absolute Gasteiger partial charge is 0.0770 e. The van der Waals surface area contributed by atoms with E-state index < -0.39 is 6.10 Å². The molecule has 0 bridgehead atoms. The second-order valence-electron chi connectivity index (χ2n) is 2.24. The molecule has 1 unspecified atom stereocenters. The van der Waals surface area contributed by atoms with Crippen molar-refractivity contribution in [3.63, 3.8) is 0 Å². The van der Waals surface area contributed by atoms with E-state index >= 15 is 0 Å². The molecular weight excluding hydrogens is 162 g/mol. The predicted octanol–water partition coefficient (Wildman–Crippen LogP) is -0.903. The Morgan fingerprint density at radius 1 is 1.25 bits per heavy atom. The first-order valence-electron chi connectivity index (χ1n) is 3.92. The standard InChI is InChI=1S/C6H15NO3.CH4O/c8-5-6(9)3-1-2-4-7-10;1-2/h6-10H,1-5H2;2H,1H3. The lowest BCUT2D eigenvalue weighted by Crippen LogP contribution is -2.13. The van der Waals surface area contributed by atoms with Crippen LogP contribution in [0.3, 0.4) is 0 Å². The molecule has 0 aliphatic heterocycles. The van der Waals surface area contributed by atoms with E-state index in [4.69, 9.17) is 20.5 Å². The van der Waals surface area contributed by atoms with Gasteiger partial charge in [-0.15, -0.1) is 0 Å². The molecule has 0 rings (SSSR count). The summed E-state index contributed by atoms with van der Waals surface area (Å²) in [6, 6.07) is 0. The van der Waals surface area contributed by atoms with E-state index in [1.54, 1.807) is 0 Å². The highest BCUT2D eigenvalue weighted by Crippen LogP contribution is 1.98. The van der Waals surface area contributed by atoms with Crippen molar-refractivity contribution in [1.82, 2.24) is 5.48 Å². The molecule has 0 aliphatic rings. The van der Waals surface area contributed by atoms with Crippen LogP contribution in [0.25, 0.3) is 0 Å². The molecule has 12 heavy (non-hydrogen) atoms. The summed E-state index contributed by atoms with van der Waals surface area (Å²) >= 11 is 0. The van der Waals surface area contributed by atoms with Gasteiger partial charge in [-0.2, -0.15) is 0 Å². The van der Waals surface area contributed by atoms with Crippen LogP contribution in [0.1, 0.15) is 19.3 Å². The van der Waals surface area contributed by atoms with Crippen LogP contribution in [0.2, 0.25) is 0 Å². The highest BCUT2D eigenvalue weighted by atomic mass is 16.5. The molecule has 0 heterocycles. The Bertz CT molecular complexity index is 72.4. The van der Waals surface area contributed by atoms with Crippen molar-refractivity contribution in [3.05, 3.63) is 0 Å². The second kappa shape index (κ2) is 13.4. The lowest BCUT2D eigenvalue weighted by atomic mass is 10.2. The van der Waals surface area contributed by atoms with Gasteiger partial charge in [0.25, 0.3) is 0 Å². The minimum absolute atomic E-state index is 0.174. The minimum Gasteiger partial charge on any atom is -0.400 e. The highest BCUT2D eigenvalue weighted by molar-refractivity contribution is 4.52. The van der Waals surface area contributed by atoms with Gasteiger partial charge in [0.1, 0.15) is 0 Å². The summed E-state index contributed by atoms with van der Waals surface area (Å²) in [4.78, 5) is 0. The van der Waals surface area contributed by atoms with Gasteiger partial charge in [-0.1, -0.05) is 0 Å². The average Bonchev–Trinajstić information content (AvgIpc) is 2.15. The molecule has 0 spiro atoms. The van der Waals surface area contributed by atoms with E-state index in [-0.39, 0.29) is 6.61 Å². The minimum atomic E-state index is -0.598. The molecule has 1 atom stereocenters. The van der Waals surface area contributed by atoms with Crippen molar-refractivity contribution in [1.29, 1.82) is 0 Å². The van der Waals surface area contributed by atoms with Crippen LogP contribution in [-0.4, -0.2) is 46.9 Å². The first-order valence-corrected chi connectivity index (χ1v) is 3.92. The van der Waals surface area contributed by atoms with E-state index in [0.717, 1.165) is 20.0 Å². The predicted molar refractivity (Wildman–Crippen MR) is 44.9 cm³/mol. The maximum Gasteiger partial charge on any atom is 0.0770 e. The molecule has 0 saturated carbocycles. The lowest BCUT2D eigenvalue weighted by Gasteiger charge is -2.04. The molecule has 0 aromatic heterocycles. The molecule has 0 amide bonds. The number of aliphatic hydroxyl groups excluding tert-OH is 3. The quantitative estimate of drug-likeness (QED) is 0.270. The van der Waals surface area contributed by atoms with Gasteiger partial charge >= 0.3 is 0 Å². The van der Waals surface area contributed by atoms with Crippen molar-refractivity contribution in [2.45, 2.75) is 25.4 Å². The number of unbranched alkanes of at least 4 members (excludes halogenated alkanes) is 1. The van der Waals surface area contributed by atoms with Crippen LogP contribution in [0, 0.1) is 0 Å². The zero-order valence-electron chi connectivity index (χ0n) is 7.40. The average molecular weight is 181 g/mol. The van der Waals surface area contributed by atoms with Gasteiger partial charge in [-0.3, -0.25) is 0 Å². The fourth-order valence-corrected chi connectivity index (χ4v) is 0.675. The van der Waals surface area contributed by atoms with Gasteiger partial charge in [-0.25, -0.2) is 5.48 Å². The van der Waals surface area contributed by atoms with Crippen molar-refractivity contribution in [3.8, 4) is 0 Å². The van der Waals surface area contributed by atoms with Crippen LogP contribution in [0.5, 0.6) is 0 Å². The van der Waals surface area contributed by atoms with Gasteiger partial charge in [-0.05, 0) is 19.3 Å². The lowest BCUT2D eigenvalue weighted by molar-refractivity contribution is 0.0847. The number of aliphatic hydroxyl groups is 3. The monoisotopic (exact) mass is 181 g/mol. The van der Waals surface area contributed by atoms with Crippen molar-refractivity contribution < 1.29 is 20.5 Å². The largest absolute Gasteiger partial charge is 0.400 e. The van der Waals surface area contributed by atoms with Crippen LogP contribution >= 0.6 is 0 Å². The summed E-state index contributed by atoms with van der Waals surface area (Å²) < 4.78 is 0. The highest BCUT2D eigenvalue weighted by Gasteiger charge is 1.99. The van der Waals surface area contributed by atoms with E-state index in [1.165, 1.54) is 0 Å². The zero-order chi connectivity index (χ0) is 9.82. The number of hydrogen-bond donors (Lipinski definition) is 5. The molecule has 76 valence electrons. The Morgan fingerprint density at radius 3 is 2.25 bits per heavy atom. The Kier molecular flexibility index (Phi) is 16.0. The normalized spacial score (nSPS) is 11.8. The van der Waals surface area contributed by atoms with E-state index in [9.17, 15) is 0 Å². The Hall–Kier alpha value is -0.200. The Morgan fingerprint density at radius 2 is 1.83 bits per heavy atom. The molecule has 0 radical (unpaired) electrons. The second-order valence-corrected chi connectivity index (χ2v) is 2.24. The summed E-state index contributed by atoms with van der Waals surface area (Å²) in [5.74, 6) is 0. The van der Waals surface area contributed by atoms with Gasteiger partial charge in [0.2, 0.25) is 0 Å². The van der Waals surface area contributed by atoms with Crippen LogP contribution in [0.4, 0.5) is 0 Å². The van der Waals surface area contributed by atoms with Gasteiger partial charge in [0, 0.05) is 13.7 Å². The zero-order valence-corrected chi connectivity index (χ0v) is 7.40. The van der Waals surface area contributed by atoms with Crippen molar-refractivity contribution in [2.24, 2.45) is 0 Å². The molecular formula is C7H19NO4. The molecule has 0 aromatic rings. The summed E-state index contributed by atoms with van der Waals surface area (Å²) in [7, 11) is 1.00. The van der Waals surface area contributed by atoms with Gasteiger partial charge in [0.05, 0.1) is 12.7 Å². The Balaban J connectivity index is 0. The molecule has 5 nitrogen and oxygen atoms in total. The molecule has 0 aliphatic carbocycles. The SMILES string of the molecule is CO.OCC(O)CCCCNO. The Labute approximate surface area is 72.6 Å². The maximum absolute atomic E-state index is 8.82. The number of hydrogen-bond acceptors (Lipinski definition) is 5. The maximum atomic E-state index is 8.82. The molecule has 5 N–H and O–H groups in total. The third kappa shape index (κ3) is 12.5. The summed E-state index contributed by atoms with van der Waals surface area (Å²) in [5, 5.41) is 32.3. The first-order chi connectivity index (χ1) is 5.81. The van der Waals surface area contributed by atoms with Crippen molar-refractivity contribution >= 4 is 0 Å². The van der Waals surface area contributed by atoms with Crippen LogP contribution in [0.15, 0.2) is 0 Å². The van der Waals surface area contributed by atoms with Crippen LogP contribution in [-0.2, 0) is 0 Å². The van der Waals surface area contributed by atoms with E-state index in [2.05, 4.69) is 0 Å². The van der Waals surface area contributed by atoms with Crippen LogP contribution < -0.4 is 5.48 Å². The summed E-state index contributed by atoms with van der Waals surface area (Å²) in [5.41, 5.74) is 2.02. The molecule has 0 aromatic carbocycles. The first kappa shape index (κ1) is 14.3. The van der Waals surface area contributed by atoms with Gasteiger partial charge in [0.15, 0.2) is 0 Å². The third-order valence-electron chi connectivity index (χ3n) is 1.29. The van der Waals surface area contributed by atoms with Crippen molar-refractivity contribution in [2.75, 3.05) is 20.3 Å². The molecule has 5 heteroatoms. The number of rotatable bonds is 6. The topological polar surface area (TPSA) is 93.0 Å². The molecule has 0 fully saturated rings. The van der Waals surface area contributed by atoms with E-state index in [1.807, 2.05) is 5.48 Å². The fraction of sp³-hybridized carbons (Fsp3) is 1.00. The van der Waals surface area contributed by atoms with Gasteiger partial charge < -0.3 is 20.5 Å². The summed E-state index contributed by atoms with van der Waals surface area (Å²) in [6.07, 6.45) is 1.62. The van der Waals surface area contributed by atoms with E-state index in [0.29, 0.717) is 13.0 Å².